The van der Waals surface area contributed by atoms with Crippen LogP contribution in [0.25, 0.3) is 0 Å². The van der Waals surface area contributed by atoms with Gasteiger partial charge in [0.25, 0.3) is 0 Å². The van der Waals surface area contributed by atoms with Crippen molar-refractivity contribution in [1.82, 2.24) is 10.6 Å². The van der Waals surface area contributed by atoms with Gasteiger partial charge >= 0.3 is 6.18 Å². The maximum Gasteiger partial charge on any atom is 0.419 e. The zero-order valence-electron chi connectivity index (χ0n) is 13.3. The summed E-state index contributed by atoms with van der Waals surface area (Å²) in [6.45, 7) is 0.461. The Bertz CT molecular complexity index is 568. The van der Waals surface area contributed by atoms with Crippen molar-refractivity contribution in [3.8, 4) is 5.75 Å². The molecule has 4 nitrogen and oxygen atoms in total. The van der Waals surface area contributed by atoms with Crippen LogP contribution < -0.4 is 15.4 Å². The van der Waals surface area contributed by atoms with Crippen molar-refractivity contribution in [3.63, 3.8) is 0 Å². The van der Waals surface area contributed by atoms with Crippen LogP contribution in [0.4, 0.5) is 13.2 Å². The van der Waals surface area contributed by atoms with Crippen molar-refractivity contribution in [1.29, 1.82) is 0 Å². The van der Waals surface area contributed by atoms with Gasteiger partial charge in [-0.25, -0.2) is 0 Å². The second-order valence-electron chi connectivity index (χ2n) is 5.13. The maximum atomic E-state index is 12.8. The number of nitrogens with zero attached hydrogens (tertiary/aromatic N) is 1. The lowest BCUT2D eigenvalue weighted by molar-refractivity contribution is -0.138. The largest absolute Gasteiger partial charge is 0.491 e. The third-order valence-electron chi connectivity index (χ3n) is 3.42. The summed E-state index contributed by atoms with van der Waals surface area (Å²) < 4.78 is 43.8. The Morgan fingerprint density at radius 1 is 1.25 bits per heavy atom. The fourth-order valence-electron chi connectivity index (χ4n) is 2.28. The van der Waals surface area contributed by atoms with Crippen LogP contribution in [-0.2, 0) is 6.18 Å². The van der Waals surface area contributed by atoms with E-state index >= 15 is 0 Å². The van der Waals surface area contributed by atoms with Crippen LogP contribution in [0.3, 0.4) is 0 Å². The van der Waals surface area contributed by atoms with Gasteiger partial charge < -0.3 is 15.4 Å². The Morgan fingerprint density at radius 2 is 1.92 bits per heavy atom. The number of halogens is 4. The summed E-state index contributed by atoms with van der Waals surface area (Å²) in [4.78, 5) is 4.08. The number of para-hydroxylation sites is 1. The molecule has 0 aliphatic heterocycles. The van der Waals surface area contributed by atoms with Gasteiger partial charge in [-0.1, -0.05) is 24.3 Å². The van der Waals surface area contributed by atoms with Crippen molar-refractivity contribution in [2.75, 3.05) is 20.2 Å². The van der Waals surface area contributed by atoms with E-state index < -0.39 is 11.7 Å². The molecule has 0 spiro atoms. The van der Waals surface area contributed by atoms with E-state index in [1.165, 1.54) is 18.2 Å². The lowest BCUT2D eigenvalue weighted by Gasteiger charge is -2.17. The Hall–Kier alpha value is -1.45. The number of alkyl halides is 3. The molecule has 2 N–H and O–H groups in total. The van der Waals surface area contributed by atoms with Crippen LogP contribution in [0, 0.1) is 0 Å². The Labute approximate surface area is 156 Å². The first-order chi connectivity index (χ1) is 11.0. The van der Waals surface area contributed by atoms with Gasteiger partial charge in [0.1, 0.15) is 12.4 Å². The summed E-state index contributed by atoms with van der Waals surface area (Å²) in [5, 5.41) is 6.27. The predicted molar refractivity (Wildman–Crippen MR) is 99.0 cm³/mol. The molecule has 0 saturated heterocycles. The summed E-state index contributed by atoms with van der Waals surface area (Å²) in [6.07, 6.45) is 1.66. The lowest BCUT2D eigenvalue weighted by atomic mass is 10.2. The zero-order valence-corrected chi connectivity index (χ0v) is 15.6. The maximum absolute atomic E-state index is 12.8. The zero-order chi connectivity index (χ0) is 16.7. The van der Waals surface area contributed by atoms with Gasteiger partial charge in [0.15, 0.2) is 5.96 Å². The SMILES string of the molecule is CN=C(NCCOc1ccccc1C(F)(F)F)NC1CC=CC1.I. The third kappa shape index (κ3) is 6.21. The number of nitrogens with one attached hydrogen (secondary N) is 2. The fourth-order valence-corrected chi connectivity index (χ4v) is 2.28. The topological polar surface area (TPSA) is 45.7 Å². The van der Waals surface area contributed by atoms with E-state index in [4.69, 9.17) is 4.74 Å². The average Bonchev–Trinajstić information content (AvgIpc) is 3.02. The van der Waals surface area contributed by atoms with E-state index in [1.807, 2.05) is 0 Å². The molecule has 1 aromatic carbocycles. The smallest absolute Gasteiger partial charge is 0.419 e. The normalized spacial score (nSPS) is 15.1. The highest BCUT2D eigenvalue weighted by Gasteiger charge is 2.33. The van der Waals surface area contributed by atoms with Gasteiger partial charge in [0, 0.05) is 13.1 Å². The first kappa shape index (κ1) is 20.6. The number of guanidine groups is 1. The monoisotopic (exact) mass is 455 g/mol. The van der Waals surface area contributed by atoms with E-state index in [0.717, 1.165) is 18.9 Å². The number of hydrogen-bond donors (Lipinski definition) is 2. The second kappa shape index (κ2) is 9.75. The minimum atomic E-state index is -4.42. The molecule has 24 heavy (non-hydrogen) atoms. The summed E-state index contributed by atoms with van der Waals surface area (Å²) in [6, 6.07) is 5.50. The molecule has 0 radical (unpaired) electrons. The van der Waals surface area contributed by atoms with Gasteiger partial charge in [0.2, 0.25) is 0 Å². The Balaban J connectivity index is 0.00000288. The first-order valence-electron chi connectivity index (χ1n) is 7.42. The van der Waals surface area contributed by atoms with Gasteiger partial charge in [-0.05, 0) is 25.0 Å². The fraction of sp³-hybridized carbons (Fsp3) is 0.438. The number of benzene rings is 1. The van der Waals surface area contributed by atoms with Crippen molar-refractivity contribution in [2.45, 2.75) is 25.1 Å². The standard InChI is InChI=1S/C16H20F3N3O.HI/c1-20-15(22-12-6-2-3-7-12)21-10-11-23-14-9-5-4-8-13(14)16(17,18)19;/h2-5,8-9,12H,6-7,10-11H2,1H3,(H2,20,21,22);1H. The van der Waals surface area contributed by atoms with E-state index in [2.05, 4.69) is 27.8 Å². The van der Waals surface area contributed by atoms with Crippen molar-refractivity contribution >= 4 is 29.9 Å². The van der Waals surface area contributed by atoms with Gasteiger partial charge in [-0.15, -0.1) is 24.0 Å². The van der Waals surface area contributed by atoms with Gasteiger partial charge in [0.05, 0.1) is 12.1 Å². The number of rotatable bonds is 5. The Morgan fingerprint density at radius 3 is 2.54 bits per heavy atom. The minimum Gasteiger partial charge on any atom is -0.491 e. The molecule has 1 aliphatic rings. The van der Waals surface area contributed by atoms with Crippen LogP contribution in [0.2, 0.25) is 0 Å². The highest BCUT2D eigenvalue weighted by Crippen LogP contribution is 2.35. The molecule has 0 heterocycles. The third-order valence-corrected chi connectivity index (χ3v) is 3.42. The number of ether oxygens (including phenoxy) is 1. The van der Waals surface area contributed by atoms with E-state index in [9.17, 15) is 13.2 Å². The van der Waals surface area contributed by atoms with Crippen LogP contribution in [0.15, 0.2) is 41.4 Å². The molecule has 1 aromatic rings. The summed E-state index contributed by atoms with van der Waals surface area (Å²) in [5.41, 5.74) is -0.764. The predicted octanol–water partition coefficient (Wildman–Crippen LogP) is 3.59. The van der Waals surface area contributed by atoms with Gasteiger partial charge in [-0.3, -0.25) is 4.99 Å². The van der Waals surface area contributed by atoms with Crippen LogP contribution in [-0.4, -0.2) is 32.2 Å². The number of aliphatic imine (C=N–C) groups is 1. The highest BCUT2D eigenvalue weighted by molar-refractivity contribution is 14.0. The highest BCUT2D eigenvalue weighted by atomic mass is 127. The summed E-state index contributed by atoms with van der Waals surface area (Å²) in [5.74, 6) is 0.455. The van der Waals surface area contributed by atoms with Crippen molar-refractivity contribution in [2.24, 2.45) is 4.99 Å². The molecule has 0 aromatic heterocycles. The molecule has 0 amide bonds. The van der Waals surface area contributed by atoms with E-state index in [0.29, 0.717) is 18.5 Å². The van der Waals surface area contributed by atoms with E-state index in [-0.39, 0.29) is 36.3 Å². The molecule has 1 aliphatic carbocycles. The van der Waals surface area contributed by atoms with Crippen LogP contribution in [0.5, 0.6) is 5.75 Å². The lowest BCUT2D eigenvalue weighted by Crippen LogP contribution is -2.43. The molecule has 8 heteroatoms. The quantitative estimate of drug-likeness (QED) is 0.235. The van der Waals surface area contributed by atoms with Crippen LogP contribution in [0.1, 0.15) is 18.4 Å². The molecule has 0 fully saturated rings. The van der Waals surface area contributed by atoms with Crippen molar-refractivity contribution in [3.05, 3.63) is 42.0 Å². The second-order valence-corrected chi connectivity index (χ2v) is 5.13. The molecular weight excluding hydrogens is 434 g/mol. The van der Waals surface area contributed by atoms with Gasteiger partial charge in [-0.2, -0.15) is 13.2 Å². The first-order valence-corrected chi connectivity index (χ1v) is 7.42. The summed E-state index contributed by atoms with van der Waals surface area (Å²) >= 11 is 0. The molecule has 2 rings (SSSR count). The average molecular weight is 455 g/mol. The number of hydrogen-bond acceptors (Lipinski definition) is 2. The van der Waals surface area contributed by atoms with E-state index in [1.54, 1.807) is 7.05 Å². The Kier molecular flexibility index (Phi) is 8.37. The molecule has 134 valence electrons. The molecule has 0 saturated carbocycles. The summed E-state index contributed by atoms with van der Waals surface area (Å²) in [7, 11) is 1.65. The van der Waals surface area contributed by atoms with Crippen LogP contribution >= 0.6 is 24.0 Å². The molecular formula is C16H21F3IN3O. The van der Waals surface area contributed by atoms with Crippen molar-refractivity contribution < 1.29 is 17.9 Å². The minimum absolute atomic E-state index is 0. The molecule has 0 bridgehead atoms. The molecule has 0 atom stereocenters. The molecule has 0 unspecified atom stereocenters.